The standard InChI is InChI=1S/C20H20FN3O3/c1-12-10-13(2)24(3)18(25)16(12)17-22-19(23-27-17)20(8-9-26-11-20)14-4-6-15(21)7-5-14/h4-7,10H,8-9,11H2,1-3H3. The van der Waals surface area contributed by atoms with E-state index in [4.69, 9.17) is 9.26 Å². The molecule has 2 aromatic heterocycles. The molecule has 1 unspecified atom stereocenters. The zero-order valence-corrected chi connectivity index (χ0v) is 15.5. The van der Waals surface area contributed by atoms with E-state index in [0.29, 0.717) is 31.0 Å². The topological polar surface area (TPSA) is 70.2 Å². The number of nitrogens with zero attached hydrogens (tertiary/aromatic N) is 3. The van der Waals surface area contributed by atoms with Gasteiger partial charge in [0.15, 0.2) is 5.82 Å². The molecule has 0 amide bonds. The Morgan fingerprint density at radius 3 is 2.63 bits per heavy atom. The highest BCUT2D eigenvalue weighted by atomic mass is 19.1. The number of benzene rings is 1. The van der Waals surface area contributed by atoms with Gasteiger partial charge in [0.1, 0.15) is 11.4 Å². The molecule has 6 nitrogen and oxygen atoms in total. The van der Waals surface area contributed by atoms with Gasteiger partial charge in [-0.05, 0) is 49.6 Å². The van der Waals surface area contributed by atoms with E-state index in [1.165, 1.54) is 12.1 Å². The summed E-state index contributed by atoms with van der Waals surface area (Å²) in [4.78, 5) is 17.3. The van der Waals surface area contributed by atoms with Crippen molar-refractivity contribution in [2.45, 2.75) is 25.7 Å². The molecule has 4 rings (SSSR count). The molecule has 0 bridgehead atoms. The molecule has 27 heavy (non-hydrogen) atoms. The van der Waals surface area contributed by atoms with Crippen LogP contribution in [0.4, 0.5) is 4.39 Å². The zero-order valence-electron chi connectivity index (χ0n) is 15.5. The third kappa shape index (κ3) is 2.78. The predicted molar refractivity (Wildman–Crippen MR) is 97.1 cm³/mol. The first kappa shape index (κ1) is 17.6. The Hall–Kier alpha value is -2.80. The number of rotatable bonds is 3. The summed E-state index contributed by atoms with van der Waals surface area (Å²) in [6.45, 7) is 4.65. The van der Waals surface area contributed by atoms with Crippen LogP contribution in [0.15, 0.2) is 39.6 Å². The van der Waals surface area contributed by atoms with Crippen molar-refractivity contribution in [3.63, 3.8) is 0 Å². The molecule has 0 spiro atoms. The molecule has 3 aromatic rings. The Labute approximate surface area is 155 Å². The molecule has 1 aliphatic heterocycles. The summed E-state index contributed by atoms with van der Waals surface area (Å²) < 4.78 is 26.0. The molecule has 0 saturated carbocycles. The maximum Gasteiger partial charge on any atom is 0.263 e. The van der Waals surface area contributed by atoms with Crippen LogP contribution < -0.4 is 5.56 Å². The van der Waals surface area contributed by atoms with E-state index in [0.717, 1.165) is 16.8 Å². The van der Waals surface area contributed by atoms with Gasteiger partial charge in [0.2, 0.25) is 0 Å². The lowest BCUT2D eigenvalue weighted by atomic mass is 9.79. The molecular weight excluding hydrogens is 349 g/mol. The van der Waals surface area contributed by atoms with Gasteiger partial charge in [-0.2, -0.15) is 4.98 Å². The summed E-state index contributed by atoms with van der Waals surface area (Å²) in [6.07, 6.45) is 0.655. The fraction of sp³-hybridized carbons (Fsp3) is 0.350. The number of hydrogen-bond donors (Lipinski definition) is 0. The largest absolute Gasteiger partial charge is 0.380 e. The van der Waals surface area contributed by atoms with Gasteiger partial charge in [-0.3, -0.25) is 4.79 Å². The number of aryl methyl sites for hydroxylation is 2. The van der Waals surface area contributed by atoms with Crippen LogP contribution in [0.1, 0.15) is 29.1 Å². The van der Waals surface area contributed by atoms with Crippen LogP contribution >= 0.6 is 0 Å². The normalized spacial score (nSPS) is 19.6. The van der Waals surface area contributed by atoms with Gasteiger partial charge in [-0.1, -0.05) is 17.3 Å². The minimum absolute atomic E-state index is 0.179. The second-order valence-electron chi connectivity index (χ2n) is 7.02. The SMILES string of the molecule is Cc1cc(C)n(C)c(=O)c1-c1nc(C2(c3ccc(F)cc3)CCOC2)no1. The smallest absolute Gasteiger partial charge is 0.263 e. The van der Waals surface area contributed by atoms with Crippen LogP contribution in [0.25, 0.3) is 11.5 Å². The first-order valence-electron chi connectivity index (χ1n) is 8.78. The molecule has 140 valence electrons. The van der Waals surface area contributed by atoms with Gasteiger partial charge in [-0.25, -0.2) is 4.39 Å². The lowest BCUT2D eigenvalue weighted by molar-refractivity contribution is 0.182. The van der Waals surface area contributed by atoms with Gasteiger partial charge in [0.25, 0.3) is 11.4 Å². The Kier molecular flexibility index (Phi) is 4.19. The average molecular weight is 369 g/mol. The second-order valence-corrected chi connectivity index (χ2v) is 7.02. The molecule has 7 heteroatoms. The van der Waals surface area contributed by atoms with Crippen molar-refractivity contribution in [1.29, 1.82) is 0 Å². The van der Waals surface area contributed by atoms with Gasteiger partial charge >= 0.3 is 0 Å². The highest BCUT2D eigenvalue weighted by molar-refractivity contribution is 5.57. The first-order chi connectivity index (χ1) is 12.9. The molecule has 0 aliphatic carbocycles. The van der Waals surface area contributed by atoms with E-state index in [9.17, 15) is 9.18 Å². The number of aromatic nitrogens is 3. The van der Waals surface area contributed by atoms with E-state index in [2.05, 4.69) is 10.1 Å². The number of hydrogen-bond acceptors (Lipinski definition) is 5. The van der Waals surface area contributed by atoms with Gasteiger partial charge < -0.3 is 13.8 Å². The molecule has 3 heterocycles. The van der Waals surface area contributed by atoms with E-state index < -0.39 is 5.41 Å². The quantitative estimate of drug-likeness (QED) is 0.710. The van der Waals surface area contributed by atoms with Gasteiger partial charge in [0.05, 0.1) is 12.0 Å². The van der Waals surface area contributed by atoms with Crippen LogP contribution in [0.3, 0.4) is 0 Å². The molecular formula is C20H20FN3O3. The van der Waals surface area contributed by atoms with Crippen LogP contribution in [-0.2, 0) is 17.2 Å². The van der Waals surface area contributed by atoms with Crippen molar-refractivity contribution in [2.75, 3.05) is 13.2 Å². The number of pyridine rings is 1. The fourth-order valence-corrected chi connectivity index (χ4v) is 3.63. The maximum atomic E-state index is 13.4. The first-order valence-corrected chi connectivity index (χ1v) is 8.78. The Bertz CT molecular complexity index is 1050. The second kappa shape index (κ2) is 6.42. The zero-order chi connectivity index (χ0) is 19.2. The minimum Gasteiger partial charge on any atom is -0.380 e. The van der Waals surface area contributed by atoms with Crippen molar-refractivity contribution in [1.82, 2.24) is 14.7 Å². The Morgan fingerprint density at radius 1 is 1.22 bits per heavy atom. The molecule has 0 N–H and O–H groups in total. The number of halogens is 1. The van der Waals surface area contributed by atoms with Crippen molar-refractivity contribution in [2.24, 2.45) is 7.05 Å². The van der Waals surface area contributed by atoms with Crippen molar-refractivity contribution in [3.8, 4) is 11.5 Å². The molecule has 1 saturated heterocycles. The summed E-state index contributed by atoms with van der Waals surface area (Å²) in [5, 5.41) is 4.17. The fourth-order valence-electron chi connectivity index (χ4n) is 3.63. The predicted octanol–water partition coefficient (Wildman–Crippen LogP) is 2.90. The third-order valence-corrected chi connectivity index (χ3v) is 5.35. The molecule has 0 radical (unpaired) electrons. The van der Waals surface area contributed by atoms with Crippen LogP contribution in [0.2, 0.25) is 0 Å². The van der Waals surface area contributed by atoms with Crippen molar-refractivity contribution >= 4 is 0 Å². The average Bonchev–Trinajstić information content (AvgIpc) is 3.31. The number of ether oxygens (including phenoxy) is 1. The van der Waals surface area contributed by atoms with Crippen LogP contribution in [0, 0.1) is 19.7 Å². The summed E-state index contributed by atoms with van der Waals surface area (Å²) in [7, 11) is 1.71. The van der Waals surface area contributed by atoms with E-state index >= 15 is 0 Å². The van der Waals surface area contributed by atoms with E-state index in [-0.39, 0.29) is 17.3 Å². The van der Waals surface area contributed by atoms with Crippen LogP contribution in [0.5, 0.6) is 0 Å². The molecule has 1 atom stereocenters. The molecule has 1 aromatic carbocycles. The van der Waals surface area contributed by atoms with Crippen molar-refractivity contribution in [3.05, 3.63) is 69.1 Å². The maximum absolute atomic E-state index is 13.4. The third-order valence-electron chi connectivity index (χ3n) is 5.35. The highest BCUT2D eigenvalue weighted by Gasteiger charge is 2.43. The summed E-state index contributed by atoms with van der Waals surface area (Å²) >= 11 is 0. The monoisotopic (exact) mass is 369 g/mol. The lowest BCUT2D eigenvalue weighted by Crippen LogP contribution is -2.29. The summed E-state index contributed by atoms with van der Waals surface area (Å²) in [5.41, 5.74) is 2.11. The van der Waals surface area contributed by atoms with Crippen molar-refractivity contribution < 1.29 is 13.7 Å². The molecule has 1 fully saturated rings. The van der Waals surface area contributed by atoms with Gasteiger partial charge in [-0.15, -0.1) is 0 Å². The van der Waals surface area contributed by atoms with Crippen LogP contribution in [-0.4, -0.2) is 27.9 Å². The lowest BCUT2D eigenvalue weighted by Gasteiger charge is -2.23. The Balaban J connectivity index is 1.83. The van der Waals surface area contributed by atoms with E-state index in [1.54, 1.807) is 23.7 Å². The molecule has 1 aliphatic rings. The summed E-state index contributed by atoms with van der Waals surface area (Å²) in [5.74, 6) is 0.334. The highest BCUT2D eigenvalue weighted by Crippen LogP contribution is 2.39. The minimum atomic E-state index is -0.612. The summed E-state index contributed by atoms with van der Waals surface area (Å²) in [6, 6.07) is 8.17. The Morgan fingerprint density at radius 2 is 1.96 bits per heavy atom. The van der Waals surface area contributed by atoms with Gasteiger partial charge in [0, 0.05) is 19.3 Å². The van der Waals surface area contributed by atoms with E-state index in [1.807, 2.05) is 19.9 Å².